The second kappa shape index (κ2) is 4.95. The molecule has 3 nitrogen and oxygen atoms in total. The van der Waals surface area contributed by atoms with Gasteiger partial charge in [-0.25, -0.2) is 0 Å². The second-order valence-corrected chi connectivity index (χ2v) is 7.40. The number of hydrogen-bond donors (Lipinski definition) is 2. The standard InChI is InChI=1S/C18H22ClN3/c1-12-6-17-14(8-16(12)19)7-15(21-17)9-20-13(2)22-10-18(11-22)4-3-5-18/h6-8,20-21H,2-5,9-11H2,1H3. The average Bonchev–Trinajstić information content (AvgIpc) is 2.75. The third kappa shape index (κ3) is 2.28. The fourth-order valence-electron chi connectivity index (χ4n) is 3.67. The van der Waals surface area contributed by atoms with Gasteiger partial charge in [-0.3, -0.25) is 0 Å². The lowest BCUT2D eigenvalue weighted by atomic mass is 9.63. The van der Waals surface area contributed by atoms with Crippen molar-refractivity contribution >= 4 is 22.5 Å². The number of fused-ring (bicyclic) bond motifs is 1. The van der Waals surface area contributed by atoms with Gasteiger partial charge >= 0.3 is 0 Å². The summed E-state index contributed by atoms with van der Waals surface area (Å²) < 4.78 is 0. The Morgan fingerprint density at radius 1 is 1.36 bits per heavy atom. The third-order valence-electron chi connectivity index (χ3n) is 5.29. The number of nitrogens with one attached hydrogen (secondary N) is 2. The number of H-pyrrole nitrogens is 1. The minimum absolute atomic E-state index is 0.639. The molecular weight excluding hydrogens is 294 g/mol. The van der Waals surface area contributed by atoms with E-state index in [1.54, 1.807) is 0 Å². The molecule has 0 bridgehead atoms. The lowest BCUT2D eigenvalue weighted by Gasteiger charge is -2.57. The van der Waals surface area contributed by atoms with Crippen LogP contribution in [0, 0.1) is 12.3 Å². The average molecular weight is 316 g/mol. The maximum absolute atomic E-state index is 6.19. The Morgan fingerprint density at radius 3 is 2.82 bits per heavy atom. The molecular formula is C18H22ClN3. The van der Waals surface area contributed by atoms with Gasteiger partial charge in [0.2, 0.25) is 0 Å². The molecule has 1 aliphatic heterocycles. The zero-order valence-electron chi connectivity index (χ0n) is 13.0. The van der Waals surface area contributed by atoms with E-state index in [9.17, 15) is 0 Å². The molecule has 0 unspecified atom stereocenters. The number of likely N-dealkylation sites (tertiary alicyclic amines) is 1. The first-order valence-corrected chi connectivity index (χ1v) is 8.38. The lowest BCUT2D eigenvalue weighted by molar-refractivity contribution is -0.0423. The van der Waals surface area contributed by atoms with E-state index in [2.05, 4.69) is 33.9 Å². The smallest absolute Gasteiger partial charge is 0.0942 e. The molecule has 1 aromatic carbocycles. The topological polar surface area (TPSA) is 31.1 Å². The summed E-state index contributed by atoms with van der Waals surface area (Å²) in [5.74, 6) is 1.05. The Labute approximate surface area is 136 Å². The predicted octanol–water partition coefficient (Wildman–Crippen LogP) is 4.18. The number of halogens is 1. The van der Waals surface area contributed by atoms with Gasteiger partial charge in [0.1, 0.15) is 0 Å². The van der Waals surface area contributed by atoms with Gasteiger partial charge in [0.15, 0.2) is 0 Å². The fraction of sp³-hybridized carbons (Fsp3) is 0.444. The summed E-state index contributed by atoms with van der Waals surface area (Å²) in [7, 11) is 0. The molecule has 2 N–H and O–H groups in total. The van der Waals surface area contributed by atoms with Crippen LogP contribution in [0.1, 0.15) is 30.5 Å². The van der Waals surface area contributed by atoms with Crippen LogP contribution >= 0.6 is 11.6 Å². The Morgan fingerprint density at radius 2 is 2.14 bits per heavy atom. The quantitative estimate of drug-likeness (QED) is 0.887. The van der Waals surface area contributed by atoms with Crippen molar-refractivity contribution in [3.63, 3.8) is 0 Å². The molecule has 0 amide bonds. The SMILES string of the molecule is C=C(NCc1cc2cc(Cl)c(C)cc2[nH]1)N1CC2(CCC2)C1. The van der Waals surface area contributed by atoms with Crippen LogP contribution in [0.5, 0.6) is 0 Å². The van der Waals surface area contributed by atoms with E-state index in [1.165, 1.54) is 32.4 Å². The number of rotatable bonds is 4. The molecule has 2 heterocycles. The van der Waals surface area contributed by atoms with Crippen LogP contribution in [0.25, 0.3) is 10.9 Å². The van der Waals surface area contributed by atoms with Gasteiger partial charge in [0.25, 0.3) is 0 Å². The van der Waals surface area contributed by atoms with Crippen molar-refractivity contribution in [1.29, 1.82) is 0 Å². The van der Waals surface area contributed by atoms with Crippen LogP contribution < -0.4 is 5.32 Å². The van der Waals surface area contributed by atoms with Crippen LogP contribution in [-0.4, -0.2) is 23.0 Å². The number of aromatic nitrogens is 1. The first-order chi connectivity index (χ1) is 10.5. The normalized spacial score (nSPS) is 19.1. The highest BCUT2D eigenvalue weighted by Crippen LogP contribution is 2.48. The molecule has 1 saturated heterocycles. The monoisotopic (exact) mass is 315 g/mol. The molecule has 1 aliphatic carbocycles. The zero-order valence-corrected chi connectivity index (χ0v) is 13.8. The summed E-state index contributed by atoms with van der Waals surface area (Å²) in [6.07, 6.45) is 4.21. The van der Waals surface area contributed by atoms with E-state index in [0.717, 1.165) is 39.5 Å². The molecule has 116 valence electrons. The second-order valence-electron chi connectivity index (χ2n) is 6.99. The van der Waals surface area contributed by atoms with Crippen LogP contribution in [0.2, 0.25) is 5.02 Å². The van der Waals surface area contributed by atoms with Crippen LogP contribution in [0.15, 0.2) is 30.6 Å². The van der Waals surface area contributed by atoms with Gasteiger partial charge in [-0.05, 0) is 43.5 Å². The number of aryl methyl sites for hydroxylation is 1. The van der Waals surface area contributed by atoms with Crippen molar-refractivity contribution in [2.75, 3.05) is 13.1 Å². The lowest BCUT2D eigenvalue weighted by Crippen LogP contribution is -2.60. The summed E-state index contributed by atoms with van der Waals surface area (Å²) in [6.45, 7) is 9.34. The van der Waals surface area contributed by atoms with E-state index >= 15 is 0 Å². The number of aromatic amines is 1. The molecule has 4 heteroatoms. The summed E-state index contributed by atoms with van der Waals surface area (Å²) >= 11 is 6.19. The third-order valence-corrected chi connectivity index (χ3v) is 5.69. The molecule has 4 rings (SSSR count). The van der Waals surface area contributed by atoms with Crippen LogP contribution in [0.4, 0.5) is 0 Å². The number of benzene rings is 1. The van der Waals surface area contributed by atoms with Crippen molar-refractivity contribution in [3.8, 4) is 0 Å². The molecule has 2 aliphatic rings. The molecule has 1 spiro atoms. The van der Waals surface area contributed by atoms with Gasteiger partial charge in [0.05, 0.1) is 12.4 Å². The van der Waals surface area contributed by atoms with E-state index in [4.69, 9.17) is 11.6 Å². The Kier molecular flexibility index (Phi) is 3.15. The number of hydrogen-bond acceptors (Lipinski definition) is 2. The zero-order chi connectivity index (χ0) is 15.3. The minimum Gasteiger partial charge on any atom is -0.367 e. The Hall–Kier alpha value is -1.61. The van der Waals surface area contributed by atoms with Gasteiger partial charge in [0, 0.05) is 40.1 Å². The molecule has 2 fully saturated rings. The molecule has 22 heavy (non-hydrogen) atoms. The van der Waals surface area contributed by atoms with E-state index in [-0.39, 0.29) is 0 Å². The number of nitrogens with zero attached hydrogens (tertiary/aromatic N) is 1. The van der Waals surface area contributed by atoms with E-state index < -0.39 is 0 Å². The van der Waals surface area contributed by atoms with E-state index in [1.807, 2.05) is 13.0 Å². The van der Waals surface area contributed by atoms with E-state index in [0.29, 0.717) is 5.41 Å². The van der Waals surface area contributed by atoms with Gasteiger partial charge in [-0.15, -0.1) is 0 Å². The van der Waals surface area contributed by atoms with Crippen molar-refractivity contribution in [2.45, 2.75) is 32.7 Å². The summed E-state index contributed by atoms with van der Waals surface area (Å²) in [5, 5.41) is 5.43. The summed E-state index contributed by atoms with van der Waals surface area (Å²) in [4.78, 5) is 5.82. The van der Waals surface area contributed by atoms with Crippen molar-refractivity contribution in [1.82, 2.24) is 15.2 Å². The molecule has 1 aromatic heterocycles. The Bertz CT molecular complexity index is 695. The van der Waals surface area contributed by atoms with Crippen molar-refractivity contribution in [3.05, 3.63) is 46.9 Å². The molecule has 0 radical (unpaired) electrons. The summed E-state index contributed by atoms with van der Waals surface area (Å²) in [6, 6.07) is 6.28. The molecule has 0 atom stereocenters. The maximum Gasteiger partial charge on any atom is 0.0942 e. The first-order valence-electron chi connectivity index (χ1n) is 8.00. The minimum atomic E-state index is 0.639. The van der Waals surface area contributed by atoms with Crippen molar-refractivity contribution < 1.29 is 0 Å². The highest BCUT2D eigenvalue weighted by atomic mass is 35.5. The first kappa shape index (κ1) is 14.0. The van der Waals surface area contributed by atoms with Crippen LogP contribution in [-0.2, 0) is 6.54 Å². The van der Waals surface area contributed by atoms with Gasteiger partial charge in [-0.2, -0.15) is 0 Å². The fourth-order valence-corrected chi connectivity index (χ4v) is 3.85. The van der Waals surface area contributed by atoms with Gasteiger partial charge < -0.3 is 15.2 Å². The molecule has 1 saturated carbocycles. The highest BCUT2D eigenvalue weighted by Gasteiger charge is 2.47. The highest BCUT2D eigenvalue weighted by molar-refractivity contribution is 6.32. The van der Waals surface area contributed by atoms with Crippen molar-refractivity contribution in [2.24, 2.45) is 5.41 Å². The maximum atomic E-state index is 6.19. The summed E-state index contributed by atoms with van der Waals surface area (Å²) in [5.41, 5.74) is 4.05. The largest absolute Gasteiger partial charge is 0.367 e. The predicted molar refractivity (Wildman–Crippen MR) is 91.9 cm³/mol. The van der Waals surface area contributed by atoms with Gasteiger partial charge in [-0.1, -0.05) is 24.6 Å². The van der Waals surface area contributed by atoms with Crippen LogP contribution in [0.3, 0.4) is 0 Å². The Balaban J connectivity index is 1.38. The molecule has 2 aromatic rings.